The van der Waals surface area contributed by atoms with Crippen molar-refractivity contribution < 1.29 is 4.74 Å². The van der Waals surface area contributed by atoms with E-state index in [0.717, 1.165) is 21.6 Å². The maximum absolute atomic E-state index is 5.62. The number of aromatic nitrogens is 1. The Bertz CT molecular complexity index is 468. The van der Waals surface area contributed by atoms with Gasteiger partial charge in [0.15, 0.2) is 0 Å². The first-order valence-electron chi connectivity index (χ1n) is 5.05. The van der Waals surface area contributed by atoms with Crippen LogP contribution in [-0.2, 0) is 6.61 Å². The number of halogens is 1. The second-order valence-corrected chi connectivity index (χ2v) is 4.43. The average molecular weight is 278 g/mol. The highest BCUT2D eigenvalue weighted by atomic mass is 79.9. The number of benzene rings is 1. The number of pyridine rings is 1. The van der Waals surface area contributed by atoms with Gasteiger partial charge in [0, 0.05) is 10.2 Å². The van der Waals surface area contributed by atoms with Gasteiger partial charge in [-0.3, -0.25) is 4.98 Å². The van der Waals surface area contributed by atoms with Crippen LogP contribution < -0.4 is 4.74 Å². The molecule has 0 aliphatic heterocycles. The molecule has 1 aromatic carbocycles. The Hall–Kier alpha value is -1.35. The molecular weight excluding hydrogens is 266 g/mol. The Morgan fingerprint density at radius 3 is 2.56 bits per heavy atom. The number of hydrogen-bond acceptors (Lipinski definition) is 2. The summed E-state index contributed by atoms with van der Waals surface area (Å²) < 4.78 is 6.67. The number of nitrogens with zero attached hydrogens (tertiary/aromatic N) is 1. The monoisotopic (exact) mass is 277 g/mol. The van der Waals surface area contributed by atoms with Crippen LogP contribution in [0, 0.1) is 6.92 Å². The van der Waals surface area contributed by atoms with Crippen molar-refractivity contribution in [1.29, 1.82) is 0 Å². The summed E-state index contributed by atoms with van der Waals surface area (Å²) in [5.41, 5.74) is 1.96. The van der Waals surface area contributed by atoms with E-state index >= 15 is 0 Å². The van der Waals surface area contributed by atoms with Crippen LogP contribution in [0.15, 0.2) is 46.9 Å². The van der Waals surface area contributed by atoms with Gasteiger partial charge in [0.2, 0.25) is 0 Å². The minimum atomic E-state index is 0.503. The third-order valence-corrected chi connectivity index (χ3v) is 2.68. The van der Waals surface area contributed by atoms with Gasteiger partial charge in [0.05, 0.1) is 5.69 Å². The maximum atomic E-state index is 5.62. The predicted molar refractivity (Wildman–Crippen MR) is 67.4 cm³/mol. The molecule has 0 bridgehead atoms. The summed E-state index contributed by atoms with van der Waals surface area (Å²) in [5, 5.41) is 0. The van der Waals surface area contributed by atoms with Gasteiger partial charge in [-0.2, -0.15) is 0 Å². The van der Waals surface area contributed by atoms with Gasteiger partial charge in [-0.1, -0.05) is 22.0 Å². The Balaban J connectivity index is 1.99. The minimum absolute atomic E-state index is 0.503. The third-order valence-electron chi connectivity index (χ3n) is 2.15. The smallest absolute Gasteiger partial charge is 0.130 e. The summed E-state index contributed by atoms with van der Waals surface area (Å²) in [4.78, 5) is 4.37. The Kier molecular flexibility index (Phi) is 3.57. The lowest BCUT2D eigenvalue weighted by atomic mass is 10.3. The topological polar surface area (TPSA) is 22.1 Å². The van der Waals surface area contributed by atoms with Crippen LogP contribution in [0.5, 0.6) is 5.75 Å². The average Bonchev–Trinajstić information content (AvgIpc) is 2.28. The molecule has 0 aliphatic rings. The van der Waals surface area contributed by atoms with Gasteiger partial charge in [0.25, 0.3) is 0 Å². The first-order valence-corrected chi connectivity index (χ1v) is 5.84. The van der Waals surface area contributed by atoms with Crippen LogP contribution in [0.3, 0.4) is 0 Å². The SMILES string of the molecule is Cc1cccc(COc2ccc(Br)cc2)n1. The van der Waals surface area contributed by atoms with Crippen LogP contribution in [-0.4, -0.2) is 4.98 Å². The molecule has 0 amide bonds. The van der Waals surface area contributed by atoms with Crippen molar-refractivity contribution in [1.82, 2.24) is 4.98 Å². The van der Waals surface area contributed by atoms with E-state index in [-0.39, 0.29) is 0 Å². The van der Waals surface area contributed by atoms with E-state index in [9.17, 15) is 0 Å². The summed E-state index contributed by atoms with van der Waals surface area (Å²) in [6.07, 6.45) is 0. The van der Waals surface area contributed by atoms with Gasteiger partial charge >= 0.3 is 0 Å². The fraction of sp³-hybridized carbons (Fsp3) is 0.154. The Morgan fingerprint density at radius 2 is 1.88 bits per heavy atom. The van der Waals surface area contributed by atoms with Gasteiger partial charge in [-0.05, 0) is 43.3 Å². The number of aryl methyl sites for hydroxylation is 1. The quantitative estimate of drug-likeness (QED) is 0.853. The van der Waals surface area contributed by atoms with Gasteiger partial charge < -0.3 is 4.74 Å². The number of ether oxygens (including phenoxy) is 1. The summed E-state index contributed by atoms with van der Waals surface area (Å²) in [6, 6.07) is 13.7. The van der Waals surface area contributed by atoms with E-state index in [4.69, 9.17) is 4.74 Å². The second kappa shape index (κ2) is 5.12. The third kappa shape index (κ3) is 3.07. The zero-order valence-electron chi connectivity index (χ0n) is 8.98. The highest BCUT2D eigenvalue weighted by molar-refractivity contribution is 9.10. The summed E-state index contributed by atoms with van der Waals surface area (Å²) in [7, 11) is 0. The molecule has 0 N–H and O–H groups in total. The van der Waals surface area contributed by atoms with Gasteiger partial charge in [-0.15, -0.1) is 0 Å². The van der Waals surface area contributed by atoms with E-state index in [1.54, 1.807) is 0 Å². The fourth-order valence-corrected chi connectivity index (χ4v) is 1.63. The molecule has 0 radical (unpaired) electrons. The molecule has 0 unspecified atom stereocenters. The van der Waals surface area contributed by atoms with Crippen LogP contribution in [0.4, 0.5) is 0 Å². The highest BCUT2D eigenvalue weighted by Crippen LogP contribution is 2.17. The lowest BCUT2D eigenvalue weighted by Crippen LogP contribution is -1.98. The molecule has 0 fully saturated rings. The molecule has 0 atom stereocenters. The predicted octanol–water partition coefficient (Wildman–Crippen LogP) is 3.73. The molecule has 2 rings (SSSR count). The standard InChI is InChI=1S/C13H12BrNO/c1-10-3-2-4-12(15-10)9-16-13-7-5-11(14)6-8-13/h2-8H,9H2,1H3. The lowest BCUT2D eigenvalue weighted by molar-refractivity contribution is 0.301. The number of hydrogen-bond donors (Lipinski definition) is 0. The van der Waals surface area contributed by atoms with Gasteiger partial charge in [-0.25, -0.2) is 0 Å². The lowest BCUT2D eigenvalue weighted by Gasteiger charge is -2.06. The molecule has 2 nitrogen and oxygen atoms in total. The highest BCUT2D eigenvalue weighted by Gasteiger charge is 1.97. The zero-order chi connectivity index (χ0) is 11.4. The van der Waals surface area contributed by atoms with E-state index in [1.165, 1.54) is 0 Å². The van der Waals surface area contributed by atoms with Crippen LogP contribution in [0.2, 0.25) is 0 Å². The van der Waals surface area contributed by atoms with Crippen molar-refractivity contribution in [2.45, 2.75) is 13.5 Å². The summed E-state index contributed by atoms with van der Waals surface area (Å²) in [5.74, 6) is 0.853. The summed E-state index contributed by atoms with van der Waals surface area (Å²) >= 11 is 3.38. The second-order valence-electron chi connectivity index (χ2n) is 3.51. The first kappa shape index (κ1) is 11.1. The normalized spacial score (nSPS) is 10.1. The van der Waals surface area contributed by atoms with E-state index in [0.29, 0.717) is 6.61 Å². The van der Waals surface area contributed by atoms with Crippen molar-refractivity contribution in [2.75, 3.05) is 0 Å². The molecule has 0 saturated carbocycles. The largest absolute Gasteiger partial charge is 0.487 e. The fourth-order valence-electron chi connectivity index (χ4n) is 1.37. The van der Waals surface area contributed by atoms with Gasteiger partial charge in [0.1, 0.15) is 12.4 Å². The molecule has 82 valence electrons. The molecule has 0 spiro atoms. The van der Waals surface area contributed by atoms with E-state index in [2.05, 4.69) is 20.9 Å². The zero-order valence-corrected chi connectivity index (χ0v) is 10.6. The molecular formula is C13H12BrNO. The van der Waals surface area contributed by atoms with Crippen LogP contribution in [0.1, 0.15) is 11.4 Å². The Labute approximate surface area is 103 Å². The van der Waals surface area contributed by atoms with Crippen molar-refractivity contribution >= 4 is 15.9 Å². The molecule has 0 saturated heterocycles. The number of rotatable bonds is 3. The molecule has 0 aliphatic carbocycles. The Morgan fingerprint density at radius 1 is 1.12 bits per heavy atom. The van der Waals surface area contributed by atoms with E-state index < -0.39 is 0 Å². The molecule has 16 heavy (non-hydrogen) atoms. The summed E-state index contributed by atoms with van der Waals surface area (Å²) in [6.45, 7) is 2.48. The molecule has 1 aromatic heterocycles. The van der Waals surface area contributed by atoms with Crippen LogP contribution in [0.25, 0.3) is 0 Å². The van der Waals surface area contributed by atoms with Crippen molar-refractivity contribution in [3.8, 4) is 5.75 Å². The van der Waals surface area contributed by atoms with Crippen molar-refractivity contribution in [3.63, 3.8) is 0 Å². The van der Waals surface area contributed by atoms with E-state index in [1.807, 2.05) is 49.4 Å². The van der Waals surface area contributed by atoms with Crippen molar-refractivity contribution in [3.05, 3.63) is 58.3 Å². The van der Waals surface area contributed by atoms with Crippen LogP contribution >= 0.6 is 15.9 Å². The maximum Gasteiger partial charge on any atom is 0.130 e. The molecule has 1 heterocycles. The molecule has 2 aromatic rings. The van der Waals surface area contributed by atoms with Crippen molar-refractivity contribution in [2.24, 2.45) is 0 Å². The molecule has 3 heteroatoms. The minimum Gasteiger partial charge on any atom is -0.487 e. The first-order chi connectivity index (χ1) is 7.74.